The molecule has 4 aromatic carbocycles. The third-order valence-electron chi connectivity index (χ3n) is 7.79. The van der Waals surface area contributed by atoms with Crippen molar-refractivity contribution < 1.29 is 13.5 Å². The molecule has 1 aromatic heterocycles. The molecular formula is C34H32N6O3S. The quantitative estimate of drug-likeness (QED) is 0.202. The molecule has 0 radical (unpaired) electrons. The van der Waals surface area contributed by atoms with E-state index in [2.05, 4.69) is 38.7 Å². The van der Waals surface area contributed by atoms with E-state index in [1.54, 1.807) is 30.3 Å². The number of sulfonamides is 1. The number of aromatic hydroxyl groups is 1. The van der Waals surface area contributed by atoms with Gasteiger partial charge in [0, 0.05) is 54.9 Å². The summed E-state index contributed by atoms with van der Waals surface area (Å²) in [5.41, 5.74) is 4.66. The summed E-state index contributed by atoms with van der Waals surface area (Å²) in [7, 11) is -1.90. The molecule has 1 aliphatic heterocycles. The normalized spacial score (nSPS) is 14.9. The van der Waals surface area contributed by atoms with E-state index in [9.17, 15) is 18.8 Å². The van der Waals surface area contributed by atoms with Crippen LogP contribution in [0.2, 0.25) is 0 Å². The number of rotatable bonds is 8. The summed E-state index contributed by atoms with van der Waals surface area (Å²) < 4.78 is 29.0. The maximum Gasteiger partial charge on any atom is 0.263 e. The molecular weight excluding hydrogens is 572 g/mol. The van der Waals surface area contributed by atoms with Crippen LogP contribution >= 0.6 is 0 Å². The lowest BCUT2D eigenvalue weighted by molar-refractivity contribution is 0.148. The highest BCUT2D eigenvalue weighted by molar-refractivity contribution is 7.92. The molecule has 222 valence electrons. The first kappa shape index (κ1) is 29.1. The zero-order valence-electron chi connectivity index (χ0n) is 24.2. The molecule has 1 aliphatic rings. The second-order valence-corrected chi connectivity index (χ2v) is 12.5. The summed E-state index contributed by atoms with van der Waals surface area (Å²) in [4.78, 5) is 12.7. The van der Waals surface area contributed by atoms with Crippen LogP contribution in [-0.2, 0) is 16.6 Å². The highest BCUT2D eigenvalue weighted by atomic mass is 32.2. The van der Waals surface area contributed by atoms with Crippen LogP contribution in [0.5, 0.6) is 5.88 Å². The van der Waals surface area contributed by atoms with E-state index in [0.717, 1.165) is 44.0 Å². The van der Waals surface area contributed by atoms with Gasteiger partial charge in [-0.1, -0.05) is 54.6 Å². The second kappa shape index (κ2) is 12.3. The molecule has 44 heavy (non-hydrogen) atoms. The minimum atomic E-state index is -4.05. The van der Waals surface area contributed by atoms with Gasteiger partial charge in [0.05, 0.1) is 22.5 Å². The number of aromatic amines is 1. The van der Waals surface area contributed by atoms with Crippen LogP contribution in [0.3, 0.4) is 0 Å². The molecule has 6 rings (SSSR count). The maximum absolute atomic E-state index is 13.2. The lowest BCUT2D eigenvalue weighted by Crippen LogP contribution is -2.43. The Morgan fingerprint density at radius 3 is 2.39 bits per heavy atom. The molecule has 1 fully saturated rings. The van der Waals surface area contributed by atoms with Crippen molar-refractivity contribution in [2.24, 2.45) is 4.99 Å². The zero-order valence-corrected chi connectivity index (χ0v) is 25.1. The van der Waals surface area contributed by atoms with Crippen molar-refractivity contribution in [2.75, 3.05) is 37.9 Å². The monoisotopic (exact) mass is 604 g/mol. The maximum atomic E-state index is 13.2. The minimum Gasteiger partial charge on any atom is -0.494 e. The summed E-state index contributed by atoms with van der Waals surface area (Å²) >= 11 is 0. The van der Waals surface area contributed by atoms with Gasteiger partial charge in [-0.2, -0.15) is 5.26 Å². The Morgan fingerprint density at radius 2 is 1.66 bits per heavy atom. The van der Waals surface area contributed by atoms with Gasteiger partial charge in [0.15, 0.2) is 5.88 Å². The van der Waals surface area contributed by atoms with Gasteiger partial charge in [-0.05, 0) is 55.1 Å². The number of likely N-dealkylation sites (N-methyl/N-ethyl adjacent to an activating group) is 1. The average Bonchev–Trinajstić information content (AvgIpc) is 3.36. The van der Waals surface area contributed by atoms with Crippen molar-refractivity contribution >= 4 is 38.0 Å². The SMILES string of the molecule is CN1CCN(Cc2ccc(N=C(c3ccccc3)c3c(O)[nH]c4ccc(NS(=O)(=O)c5ccccc5C#N)cc34)cc2)CC1. The fourth-order valence-electron chi connectivity index (χ4n) is 5.41. The Kier molecular flexibility index (Phi) is 8.17. The fraction of sp³-hybridized carbons (Fsp3) is 0.176. The lowest BCUT2D eigenvalue weighted by atomic mass is 10.0. The number of hydrogen-bond donors (Lipinski definition) is 3. The van der Waals surface area contributed by atoms with Crippen molar-refractivity contribution in [3.63, 3.8) is 0 Å². The molecule has 0 amide bonds. The van der Waals surface area contributed by atoms with Crippen molar-refractivity contribution in [3.8, 4) is 11.9 Å². The molecule has 2 heterocycles. The van der Waals surface area contributed by atoms with E-state index in [1.165, 1.54) is 17.7 Å². The second-order valence-electron chi connectivity index (χ2n) is 10.9. The van der Waals surface area contributed by atoms with Crippen LogP contribution in [0, 0.1) is 11.3 Å². The smallest absolute Gasteiger partial charge is 0.263 e. The van der Waals surface area contributed by atoms with E-state index in [0.29, 0.717) is 22.2 Å². The molecule has 0 bridgehead atoms. The average molecular weight is 605 g/mol. The van der Waals surface area contributed by atoms with Crippen LogP contribution in [0.4, 0.5) is 11.4 Å². The highest BCUT2D eigenvalue weighted by Crippen LogP contribution is 2.34. The van der Waals surface area contributed by atoms with Crippen molar-refractivity contribution in [1.82, 2.24) is 14.8 Å². The number of nitrogens with one attached hydrogen (secondary N) is 2. The largest absolute Gasteiger partial charge is 0.494 e. The number of piperazine rings is 1. The van der Waals surface area contributed by atoms with E-state index >= 15 is 0 Å². The van der Waals surface area contributed by atoms with E-state index in [1.807, 2.05) is 48.5 Å². The number of nitrogens with zero attached hydrogens (tertiary/aromatic N) is 4. The van der Waals surface area contributed by atoms with Crippen LogP contribution < -0.4 is 4.72 Å². The molecule has 1 saturated heterocycles. The third kappa shape index (κ3) is 6.21. The van der Waals surface area contributed by atoms with E-state index in [-0.39, 0.29) is 22.0 Å². The Labute approximate surface area is 256 Å². The van der Waals surface area contributed by atoms with Gasteiger partial charge >= 0.3 is 0 Å². The summed E-state index contributed by atoms with van der Waals surface area (Å²) in [6.45, 7) is 5.08. The molecule has 0 aliphatic carbocycles. The predicted octanol–water partition coefficient (Wildman–Crippen LogP) is 5.46. The number of aliphatic imine (C=N–C) groups is 1. The molecule has 0 unspecified atom stereocenters. The molecule has 10 heteroatoms. The first-order valence-electron chi connectivity index (χ1n) is 14.3. The number of nitriles is 1. The minimum absolute atomic E-state index is 0.0501. The van der Waals surface area contributed by atoms with Crippen LogP contribution in [-0.4, -0.2) is 67.2 Å². The molecule has 9 nitrogen and oxygen atoms in total. The Bertz CT molecular complexity index is 1970. The van der Waals surface area contributed by atoms with Crippen molar-refractivity contribution in [1.29, 1.82) is 5.26 Å². The topological polar surface area (TPSA) is 125 Å². The predicted molar refractivity (Wildman–Crippen MR) is 173 cm³/mol. The van der Waals surface area contributed by atoms with Gasteiger partial charge in [-0.25, -0.2) is 13.4 Å². The van der Waals surface area contributed by atoms with Gasteiger partial charge < -0.3 is 15.0 Å². The van der Waals surface area contributed by atoms with Gasteiger partial charge in [0.2, 0.25) is 0 Å². The number of hydrogen-bond acceptors (Lipinski definition) is 7. The number of aromatic nitrogens is 1. The van der Waals surface area contributed by atoms with E-state index < -0.39 is 10.0 Å². The van der Waals surface area contributed by atoms with Crippen molar-refractivity contribution in [3.05, 3.63) is 119 Å². The van der Waals surface area contributed by atoms with Gasteiger partial charge in [0.25, 0.3) is 10.0 Å². The Morgan fingerprint density at radius 1 is 0.955 bits per heavy atom. The summed E-state index contributed by atoms with van der Waals surface area (Å²) in [6.07, 6.45) is 0. The van der Waals surface area contributed by atoms with Gasteiger partial charge in [0.1, 0.15) is 11.0 Å². The molecule has 5 aromatic rings. The Balaban J connectivity index is 1.36. The highest BCUT2D eigenvalue weighted by Gasteiger charge is 2.22. The van der Waals surface area contributed by atoms with Gasteiger partial charge in [-0.3, -0.25) is 9.62 Å². The van der Waals surface area contributed by atoms with Gasteiger partial charge in [-0.15, -0.1) is 0 Å². The third-order valence-corrected chi connectivity index (χ3v) is 9.23. The standard InChI is InChI=1S/C34H32N6O3S/c1-39-17-19-40(20-18-39)23-24-11-13-27(14-12-24)36-33(25-7-3-2-4-8-25)32-29-21-28(15-16-30(29)37-34(32)41)38-44(42,43)31-10-6-5-9-26(31)22-35/h2-16,21,37-38,41H,17-20,23H2,1H3. The van der Waals surface area contributed by atoms with E-state index in [4.69, 9.17) is 4.99 Å². The van der Waals surface area contributed by atoms with Crippen LogP contribution in [0.25, 0.3) is 10.9 Å². The van der Waals surface area contributed by atoms with Crippen molar-refractivity contribution in [2.45, 2.75) is 11.4 Å². The Hall–Kier alpha value is -4.95. The molecule has 0 spiro atoms. The number of anilines is 1. The number of H-pyrrole nitrogens is 1. The zero-order chi connectivity index (χ0) is 30.7. The number of fused-ring (bicyclic) bond motifs is 1. The first-order chi connectivity index (χ1) is 21.3. The summed E-state index contributed by atoms with van der Waals surface area (Å²) in [5, 5.41) is 21.2. The van der Waals surface area contributed by atoms with Crippen LogP contribution in [0.15, 0.2) is 107 Å². The lowest BCUT2D eigenvalue weighted by Gasteiger charge is -2.32. The molecule has 0 atom stereocenters. The first-order valence-corrected chi connectivity index (χ1v) is 15.8. The molecule has 0 saturated carbocycles. The summed E-state index contributed by atoms with van der Waals surface area (Å²) in [5.74, 6) is -0.0795. The fourth-order valence-corrected chi connectivity index (χ4v) is 6.62. The van der Waals surface area contributed by atoms with Crippen LogP contribution in [0.1, 0.15) is 22.3 Å². The summed E-state index contributed by atoms with van der Waals surface area (Å²) in [6, 6.07) is 30.6. The molecule has 3 N–H and O–H groups in total. The number of benzene rings is 4.